The van der Waals surface area contributed by atoms with Crippen molar-refractivity contribution in [1.82, 2.24) is 0 Å². The Hall–Kier alpha value is -1.23. The second-order valence-electron chi connectivity index (χ2n) is 2.83. The van der Waals surface area contributed by atoms with Crippen LogP contribution in [0.4, 0.5) is 4.39 Å². The van der Waals surface area contributed by atoms with Gasteiger partial charge in [0.05, 0.1) is 4.47 Å². The molecule has 0 saturated carbocycles. The van der Waals surface area contributed by atoms with Gasteiger partial charge in [-0.15, -0.1) is 0 Å². The van der Waals surface area contributed by atoms with E-state index in [1.165, 1.54) is 19.1 Å². The van der Waals surface area contributed by atoms with E-state index in [1.807, 2.05) is 0 Å². The highest BCUT2D eigenvalue weighted by Crippen LogP contribution is 2.16. The maximum absolute atomic E-state index is 13.0. The zero-order chi connectivity index (χ0) is 11.4. The first kappa shape index (κ1) is 11.8. The molecule has 0 atom stereocenters. The molecule has 5 heteroatoms. The van der Waals surface area contributed by atoms with Gasteiger partial charge in [0.15, 0.2) is 12.4 Å². The minimum atomic E-state index is -0.541. The number of ether oxygens (including phenoxy) is 1. The summed E-state index contributed by atoms with van der Waals surface area (Å²) in [6, 6.07) is 3.98. The molecule has 0 aliphatic carbocycles. The van der Waals surface area contributed by atoms with E-state index in [-0.39, 0.29) is 16.6 Å². The number of hydrogen-bond donors (Lipinski definition) is 0. The van der Waals surface area contributed by atoms with Crippen LogP contribution >= 0.6 is 15.9 Å². The van der Waals surface area contributed by atoms with E-state index in [9.17, 15) is 14.0 Å². The van der Waals surface area contributed by atoms with E-state index in [0.717, 1.165) is 6.07 Å². The molecule has 1 rings (SSSR count). The quantitative estimate of drug-likeness (QED) is 0.628. The monoisotopic (exact) mass is 274 g/mol. The predicted octanol–water partition coefficient (Wildman–Crippen LogP) is 2.33. The molecule has 0 fully saturated rings. The third-order valence-corrected chi connectivity index (χ3v) is 2.29. The van der Waals surface area contributed by atoms with E-state index >= 15 is 0 Å². The highest BCUT2D eigenvalue weighted by Gasteiger charge is 2.09. The van der Waals surface area contributed by atoms with Crippen LogP contribution in [-0.2, 0) is 9.53 Å². The lowest BCUT2D eigenvalue weighted by Gasteiger charge is -2.02. The fraction of sp³-hybridized carbons (Fsp3) is 0.200. The fourth-order valence-electron chi connectivity index (χ4n) is 0.920. The normalized spacial score (nSPS) is 9.80. The number of esters is 1. The Labute approximate surface area is 94.4 Å². The van der Waals surface area contributed by atoms with Gasteiger partial charge in [-0.25, -0.2) is 4.39 Å². The number of benzene rings is 1. The van der Waals surface area contributed by atoms with Gasteiger partial charge < -0.3 is 4.74 Å². The molecule has 0 saturated heterocycles. The Balaban J connectivity index is 2.74. The van der Waals surface area contributed by atoms with Crippen molar-refractivity contribution in [2.45, 2.75) is 6.92 Å². The summed E-state index contributed by atoms with van der Waals surface area (Å²) >= 11 is 2.97. The van der Waals surface area contributed by atoms with Gasteiger partial charge in [0.2, 0.25) is 0 Å². The van der Waals surface area contributed by atoms with Gasteiger partial charge in [-0.3, -0.25) is 9.59 Å². The van der Waals surface area contributed by atoms with Crippen molar-refractivity contribution in [2.75, 3.05) is 6.61 Å². The summed E-state index contributed by atoms with van der Waals surface area (Å²) in [6.45, 7) is 0.839. The molecule has 0 heterocycles. The molecule has 80 valence electrons. The lowest BCUT2D eigenvalue weighted by atomic mass is 10.1. The molecule has 0 radical (unpaired) electrons. The summed E-state index contributed by atoms with van der Waals surface area (Å²) in [5.74, 6) is -1.50. The van der Waals surface area contributed by atoms with E-state index in [4.69, 9.17) is 0 Å². The minimum Gasteiger partial charge on any atom is -0.457 e. The number of carbonyl (C=O) groups is 2. The summed E-state index contributed by atoms with van der Waals surface area (Å²) in [5, 5.41) is 0. The largest absolute Gasteiger partial charge is 0.457 e. The Morgan fingerprint density at radius 2 is 2.13 bits per heavy atom. The van der Waals surface area contributed by atoms with Crippen LogP contribution in [0.1, 0.15) is 17.3 Å². The Bertz CT molecular complexity index is 404. The lowest BCUT2D eigenvalue weighted by Crippen LogP contribution is -2.12. The van der Waals surface area contributed by atoms with Gasteiger partial charge in [-0.05, 0) is 34.1 Å². The minimum absolute atomic E-state index is 0.178. The summed E-state index contributed by atoms with van der Waals surface area (Å²) in [6.07, 6.45) is 0. The molecule has 0 aliphatic rings. The van der Waals surface area contributed by atoms with E-state index < -0.39 is 17.6 Å². The molecule has 0 bridgehead atoms. The number of halogens is 2. The maximum Gasteiger partial charge on any atom is 0.303 e. The van der Waals surface area contributed by atoms with Crippen LogP contribution in [0.25, 0.3) is 0 Å². The van der Waals surface area contributed by atoms with Crippen molar-refractivity contribution in [3.63, 3.8) is 0 Å². The third-order valence-electron chi connectivity index (χ3n) is 1.65. The second-order valence-corrected chi connectivity index (χ2v) is 3.69. The molecule has 0 unspecified atom stereocenters. The Kier molecular flexibility index (Phi) is 3.96. The van der Waals surface area contributed by atoms with Crippen LogP contribution in [0.2, 0.25) is 0 Å². The van der Waals surface area contributed by atoms with Crippen LogP contribution in [-0.4, -0.2) is 18.4 Å². The van der Waals surface area contributed by atoms with Crippen LogP contribution in [0, 0.1) is 5.82 Å². The zero-order valence-corrected chi connectivity index (χ0v) is 9.51. The van der Waals surface area contributed by atoms with Crippen LogP contribution in [0.15, 0.2) is 22.7 Å². The summed E-state index contributed by atoms with van der Waals surface area (Å²) in [4.78, 5) is 21.8. The number of rotatable bonds is 3. The Morgan fingerprint density at radius 3 is 2.67 bits per heavy atom. The van der Waals surface area contributed by atoms with Crippen LogP contribution < -0.4 is 0 Å². The summed E-state index contributed by atoms with van der Waals surface area (Å²) < 4.78 is 17.8. The topological polar surface area (TPSA) is 43.4 Å². The van der Waals surface area contributed by atoms with Crippen molar-refractivity contribution in [1.29, 1.82) is 0 Å². The molecule has 1 aromatic carbocycles. The highest BCUT2D eigenvalue weighted by atomic mass is 79.9. The van der Waals surface area contributed by atoms with E-state index in [0.29, 0.717) is 0 Å². The van der Waals surface area contributed by atoms with E-state index in [1.54, 1.807) is 0 Å². The molecule has 0 aliphatic heterocycles. The van der Waals surface area contributed by atoms with Gasteiger partial charge in [0.1, 0.15) is 5.82 Å². The number of hydrogen-bond acceptors (Lipinski definition) is 3. The Morgan fingerprint density at radius 1 is 1.47 bits per heavy atom. The van der Waals surface area contributed by atoms with Crippen LogP contribution in [0.5, 0.6) is 0 Å². The van der Waals surface area contributed by atoms with Gasteiger partial charge >= 0.3 is 5.97 Å². The fourth-order valence-corrected chi connectivity index (χ4v) is 1.17. The van der Waals surface area contributed by atoms with Crippen molar-refractivity contribution in [2.24, 2.45) is 0 Å². The molecule has 3 nitrogen and oxygen atoms in total. The molecular formula is C10H8BrFO3. The van der Waals surface area contributed by atoms with Crippen molar-refractivity contribution < 1.29 is 18.7 Å². The first-order valence-corrected chi connectivity index (χ1v) is 4.91. The number of Topliss-reactive ketones (excluding diaryl/α,β-unsaturated/α-hetero) is 1. The van der Waals surface area contributed by atoms with Crippen molar-refractivity contribution >= 4 is 27.7 Å². The molecular weight excluding hydrogens is 267 g/mol. The summed E-state index contributed by atoms with van der Waals surface area (Å²) in [7, 11) is 0. The SMILES string of the molecule is CC(=O)OCC(=O)c1ccc(Br)c(F)c1. The highest BCUT2D eigenvalue weighted by molar-refractivity contribution is 9.10. The first-order valence-electron chi connectivity index (χ1n) is 4.12. The molecule has 0 aromatic heterocycles. The van der Waals surface area contributed by atoms with E-state index in [2.05, 4.69) is 20.7 Å². The van der Waals surface area contributed by atoms with Gasteiger partial charge in [-0.2, -0.15) is 0 Å². The van der Waals surface area contributed by atoms with Crippen molar-refractivity contribution in [3.8, 4) is 0 Å². The smallest absolute Gasteiger partial charge is 0.303 e. The number of carbonyl (C=O) groups excluding carboxylic acids is 2. The second kappa shape index (κ2) is 5.02. The van der Waals surface area contributed by atoms with Gasteiger partial charge in [0, 0.05) is 12.5 Å². The zero-order valence-electron chi connectivity index (χ0n) is 7.92. The first-order chi connectivity index (χ1) is 7.00. The maximum atomic E-state index is 13.0. The molecule has 0 spiro atoms. The molecule has 0 N–H and O–H groups in total. The number of ketones is 1. The average molecular weight is 275 g/mol. The summed E-state index contributed by atoms with van der Waals surface area (Å²) in [5.41, 5.74) is 0.178. The third kappa shape index (κ3) is 3.43. The molecule has 15 heavy (non-hydrogen) atoms. The standard InChI is InChI=1S/C10H8BrFO3/c1-6(13)15-5-10(14)7-2-3-8(11)9(12)4-7/h2-4H,5H2,1H3. The lowest BCUT2D eigenvalue weighted by molar-refractivity contribution is -0.139. The van der Waals surface area contributed by atoms with Crippen molar-refractivity contribution in [3.05, 3.63) is 34.1 Å². The average Bonchev–Trinajstić information content (AvgIpc) is 2.18. The van der Waals surface area contributed by atoms with Gasteiger partial charge in [0.25, 0.3) is 0 Å². The predicted molar refractivity (Wildman–Crippen MR) is 55.1 cm³/mol. The van der Waals surface area contributed by atoms with Crippen LogP contribution in [0.3, 0.4) is 0 Å². The molecule has 0 amide bonds. The molecule has 1 aromatic rings. The van der Waals surface area contributed by atoms with Gasteiger partial charge in [-0.1, -0.05) is 0 Å².